The van der Waals surface area contributed by atoms with Crippen molar-refractivity contribution in [3.05, 3.63) is 29.6 Å². The maximum absolute atomic E-state index is 13.2. The molecule has 0 saturated heterocycles. The Hall–Kier alpha value is -1.14. The van der Waals surface area contributed by atoms with E-state index in [0.717, 1.165) is 12.1 Å². The van der Waals surface area contributed by atoms with Gasteiger partial charge in [0.2, 0.25) is 10.0 Å². The van der Waals surface area contributed by atoms with Crippen LogP contribution in [0.4, 0.5) is 10.1 Å². The van der Waals surface area contributed by atoms with Crippen molar-refractivity contribution in [2.75, 3.05) is 29.7 Å². The molecule has 2 rings (SSSR count). The zero-order valence-corrected chi connectivity index (χ0v) is 11.1. The smallest absolute Gasteiger partial charge is 0.236 e. The van der Waals surface area contributed by atoms with Gasteiger partial charge in [-0.15, -0.1) is 0 Å². The van der Waals surface area contributed by atoms with Crippen LogP contribution < -0.4 is 9.62 Å². The molecule has 1 aliphatic heterocycles. The number of hydrogen-bond acceptors (Lipinski definition) is 3. The SMILES string of the molecule is CCNCCS(=O)(=O)N1CCc2ccc(F)cc21. The Labute approximate surface area is 107 Å². The van der Waals surface area contributed by atoms with E-state index in [1.165, 1.54) is 16.4 Å². The lowest BCUT2D eigenvalue weighted by Gasteiger charge is -2.19. The summed E-state index contributed by atoms with van der Waals surface area (Å²) in [5.74, 6) is -0.362. The predicted molar refractivity (Wildman–Crippen MR) is 69.8 cm³/mol. The Balaban J connectivity index is 2.19. The van der Waals surface area contributed by atoms with E-state index >= 15 is 0 Å². The number of halogens is 1. The van der Waals surface area contributed by atoms with Gasteiger partial charge in [-0.05, 0) is 30.7 Å². The second-order valence-electron chi connectivity index (χ2n) is 4.26. The van der Waals surface area contributed by atoms with Crippen molar-refractivity contribution < 1.29 is 12.8 Å². The third kappa shape index (κ3) is 2.64. The Bertz CT molecular complexity index is 531. The first kappa shape index (κ1) is 13.3. The molecule has 0 saturated carbocycles. The van der Waals surface area contributed by atoms with Crippen LogP contribution in [0.5, 0.6) is 0 Å². The molecule has 4 nitrogen and oxygen atoms in total. The maximum atomic E-state index is 13.2. The van der Waals surface area contributed by atoms with Crippen molar-refractivity contribution in [3.8, 4) is 0 Å². The maximum Gasteiger partial charge on any atom is 0.236 e. The van der Waals surface area contributed by atoms with Gasteiger partial charge in [-0.1, -0.05) is 13.0 Å². The molecule has 0 spiro atoms. The highest BCUT2D eigenvalue weighted by Crippen LogP contribution is 2.30. The van der Waals surface area contributed by atoms with Gasteiger partial charge in [-0.2, -0.15) is 0 Å². The van der Waals surface area contributed by atoms with Crippen LogP contribution in [-0.4, -0.2) is 33.8 Å². The van der Waals surface area contributed by atoms with Crippen LogP contribution in [0.15, 0.2) is 18.2 Å². The van der Waals surface area contributed by atoms with Crippen molar-refractivity contribution in [2.24, 2.45) is 0 Å². The predicted octanol–water partition coefficient (Wildman–Crippen LogP) is 1.13. The lowest BCUT2D eigenvalue weighted by molar-refractivity contribution is 0.588. The van der Waals surface area contributed by atoms with Gasteiger partial charge in [0.05, 0.1) is 11.4 Å². The van der Waals surface area contributed by atoms with E-state index in [2.05, 4.69) is 5.32 Å². The van der Waals surface area contributed by atoms with E-state index in [1.807, 2.05) is 6.92 Å². The van der Waals surface area contributed by atoms with Crippen molar-refractivity contribution in [1.29, 1.82) is 0 Å². The zero-order valence-electron chi connectivity index (χ0n) is 10.3. The summed E-state index contributed by atoms with van der Waals surface area (Å²) in [5.41, 5.74) is 1.38. The van der Waals surface area contributed by atoms with Crippen LogP contribution in [0.2, 0.25) is 0 Å². The van der Waals surface area contributed by atoms with E-state index in [-0.39, 0.29) is 5.75 Å². The fourth-order valence-corrected chi connectivity index (χ4v) is 3.56. The molecule has 1 aromatic carbocycles. The lowest BCUT2D eigenvalue weighted by atomic mass is 10.2. The van der Waals surface area contributed by atoms with Crippen LogP contribution in [0.3, 0.4) is 0 Å². The molecule has 0 bridgehead atoms. The van der Waals surface area contributed by atoms with Gasteiger partial charge in [0.25, 0.3) is 0 Å². The summed E-state index contributed by atoms with van der Waals surface area (Å²) in [7, 11) is -3.36. The van der Waals surface area contributed by atoms with Crippen molar-refractivity contribution in [3.63, 3.8) is 0 Å². The highest BCUT2D eigenvalue weighted by molar-refractivity contribution is 7.92. The minimum absolute atomic E-state index is 0.0385. The zero-order chi connectivity index (χ0) is 13.2. The second-order valence-corrected chi connectivity index (χ2v) is 6.28. The summed E-state index contributed by atoms with van der Waals surface area (Å²) in [5, 5.41) is 2.98. The van der Waals surface area contributed by atoms with E-state index in [1.54, 1.807) is 6.07 Å². The van der Waals surface area contributed by atoms with Crippen molar-refractivity contribution in [2.45, 2.75) is 13.3 Å². The molecule has 1 aliphatic rings. The molecule has 0 radical (unpaired) electrons. The Kier molecular flexibility index (Phi) is 3.87. The standard InChI is InChI=1S/C12H17FN2O2S/c1-2-14-6-8-18(16,17)15-7-5-10-3-4-11(13)9-12(10)15/h3-4,9,14H,2,5-8H2,1H3. The Morgan fingerprint density at radius 2 is 2.22 bits per heavy atom. The summed E-state index contributed by atoms with van der Waals surface area (Å²) < 4.78 is 38.8. The number of rotatable bonds is 5. The van der Waals surface area contributed by atoms with E-state index in [9.17, 15) is 12.8 Å². The largest absolute Gasteiger partial charge is 0.316 e. The van der Waals surface area contributed by atoms with Gasteiger partial charge in [0, 0.05) is 13.1 Å². The topological polar surface area (TPSA) is 49.4 Å². The second kappa shape index (κ2) is 5.24. The van der Waals surface area contributed by atoms with E-state index in [0.29, 0.717) is 25.2 Å². The molecule has 18 heavy (non-hydrogen) atoms. The highest BCUT2D eigenvalue weighted by Gasteiger charge is 2.29. The highest BCUT2D eigenvalue weighted by atomic mass is 32.2. The molecule has 0 amide bonds. The summed E-state index contributed by atoms with van der Waals surface area (Å²) >= 11 is 0. The number of anilines is 1. The van der Waals surface area contributed by atoms with Gasteiger partial charge in [-0.25, -0.2) is 12.8 Å². The molecular weight excluding hydrogens is 255 g/mol. The van der Waals surface area contributed by atoms with Gasteiger partial charge < -0.3 is 5.32 Å². The third-order valence-corrected chi connectivity index (χ3v) is 4.79. The average Bonchev–Trinajstić information content (AvgIpc) is 2.72. The lowest BCUT2D eigenvalue weighted by Crippen LogP contribution is -2.35. The number of hydrogen-bond donors (Lipinski definition) is 1. The number of benzene rings is 1. The minimum Gasteiger partial charge on any atom is -0.316 e. The van der Waals surface area contributed by atoms with Crippen LogP contribution >= 0.6 is 0 Å². The molecule has 1 heterocycles. The Morgan fingerprint density at radius 3 is 2.94 bits per heavy atom. The van der Waals surface area contributed by atoms with Gasteiger partial charge in [0.1, 0.15) is 5.82 Å². The number of sulfonamides is 1. The fourth-order valence-electron chi connectivity index (χ4n) is 2.10. The van der Waals surface area contributed by atoms with Crippen LogP contribution in [0, 0.1) is 5.82 Å². The van der Waals surface area contributed by atoms with Gasteiger partial charge in [0.15, 0.2) is 0 Å². The van der Waals surface area contributed by atoms with Crippen molar-refractivity contribution >= 4 is 15.7 Å². The monoisotopic (exact) mass is 272 g/mol. The van der Waals surface area contributed by atoms with Gasteiger partial charge in [-0.3, -0.25) is 4.31 Å². The molecule has 0 unspecified atom stereocenters. The first-order chi connectivity index (χ1) is 8.54. The number of fused-ring (bicyclic) bond motifs is 1. The normalized spacial score (nSPS) is 14.9. The Morgan fingerprint density at radius 1 is 1.44 bits per heavy atom. The number of nitrogens with zero attached hydrogens (tertiary/aromatic N) is 1. The first-order valence-electron chi connectivity index (χ1n) is 6.04. The minimum atomic E-state index is -3.36. The molecule has 1 aromatic rings. The van der Waals surface area contributed by atoms with Gasteiger partial charge >= 0.3 is 0 Å². The summed E-state index contributed by atoms with van der Waals surface area (Å²) in [6, 6.07) is 4.32. The van der Waals surface area contributed by atoms with Crippen LogP contribution in [-0.2, 0) is 16.4 Å². The summed E-state index contributed by atoms with van der Waals surface area (Å²) in [4.78, 5) is 0. The third-order valence-electron chi connectivity index (χ3n) is 3.02. The molecule has 0 atom stereocenters. The molecular formula is C12H17FN2O2S. The van der Waals surface area contributed by atoms with Crippen LogP contribution in [0.1, 0.15) is 12.5 Å². The van der Waals surface area contributed by atoms with E-state index in [4.69, 9.17) is 0 Å². The quantitative estimate of drug-likeness (QED) is 0.817. The molecule has 0 aromatic heterocycles. The first-order valence-corrected chi connectivity index (χ1v) is 7.65. The molecule has 1 N–H and O–H groups in total. The molecule has 0 aliphatic carbocycles. The summed E-state index contributed by atoms with van der Waals surface area (Å²) in [6.45, 7) is 3.49. The molecule has 6 heteroatoms. The molecule has 100 valence electrons. The fraction of sp³-hybridized carbons (Fsp3) is 0.500. The van der Waals surface area contributed by atoms with E-state index < -0.39 is 15.8 Å². The van der Waals surface area contributed by atoms with Crippen LogP contribution in [0.25, 0.3) is 0 Å². The number of nitrogens with one attached hydrogen (secondary N) is 1. The summed E-state index contributed by atoms with van der Waals surface area (Å²) in [6.07, 6.45) is 0.649. The van der Waals surface area contributed by atoms with Crippen molar-refractivity contribution in [1.82, 2.24) is 5.32 Å². The molecule has 0 fully saturated rings. The average molecular weight is 272 g/mol.